The van der Waals surface area contributed by atoms with E-state index in [0.29, 0.717) is 12.5 Å². The highest BCUT2D eigenvalue weighted by Crippen LogP contribution is 2.61. The molecule has 0 bridgehead atoms. The lowest BCUT2D eigenvalue weighted by Crippen LogP contribution is -2.30. The van der Waals surface area contributed by atoms with Crippen LogP contribution < -0.4 is 0 Å². The van der Waals surface area contributed by atoms with Gasteiger partial charge in [0.1, 0.15) is 0 Å². The summed E-state index contributed by atoms with van der Waals surface area (Å²) >= 11 is 0. The second-order valence-electron chi connectivity index (χ2n) is 5.71. The maximum Gasteiger partial charge on any atom is 0.0471 e. The van der Waals surface area contributed by atoms with Gasteiger partial charge in [0.25, 0.3) is 0 Å². The van der Waals surface area contributed by atoms with Crippen LogP contribution in [0.5, 0.6) is 0 Å². The van der Waals surface area contributed by atoms with Gasteiger partial charge < -0.3 is 10.0 Å². The number of aliphatic hydroxyl groups is 1. The molecule has 0 amide bonds. The summed E-state index contributed by atoms with van der Waals surface area (Å²) in [6.45, 7) is 4.13. The minimum absolute atomic E-state index is 0.396. The van der Waals surface area contributed by atoms with Crippen molar-refractivity contribution in [3.8, 4) is 0 Å². The van der Waals surface area contributed by atoms with E-state index in [0.717, 1.165) is 17.9 Å². The maximum absolute atomic E-state index is 9.09. The van der Waals surface area contributed by atoms with E-state index in [4.69, 9.17) is 5.11 Å². The van der Waals surface area contributed by atoms with E-state index >= 15 is 0 Å². The predicted molar refractivity (Wildman–Crippen MR) is 56.0 cm³/mol. The van der Waals surface area contributed by atoms with Crippen molar-refractivity contribution in [2.45, 2.75) is 32.1 Å². The number of rotatable bonds is 4. The molecule has 2 saturated carbocycles. The summed E-state index contributed by atoms with van der Waals surface area (Å²) in [4.78, 5) is 2.60. The zero-order valence-electron chi connectivity index (χ0n) is 8.91. The summed E-state index contributed by atoms with van der Waals surface area (Å²) in [5.41, 5.74) is 0.754. The molecular formula is C12H21NO. The van der Waals surface area contributed by atoms with Crippen LogP contribution in [0.1, 0.15) is 32.1 Å². The Balaban J connectivity index is 1.53. The normalized spacial score (nSPS) is 36.2. The molecule has 3 fully saturated rings. The van der Waals surface area contributed by atoms with Crippen molar-refractivity contribution in [1.82, 2.24) is 4.90 Å². The van der Waals surface area contributed by atoms with Crippen LogP contribution in [0.2, 0.25) is 0 Å². The summed E-state index contributed by atoms with van der Waals surface area (Å²) in [6.07, 6.45) is 7.18. The molecule has 1 saturated heterocycles. The zero-order valence-corrected chi connectivity index (χ0v) is 8.91. The lowest BCUT2D eigenvalue weighted by atomic mass is 10.0. The second kappa shape index (κ2) is 3.21. The van der Waals surface area contributed by atoms with Crippen LogP contribution in [0, 0.1) is 17.3 Å². The molecule has 1 atom stereocenters. The number of aliphatic hydroxyl groups excluding tert-OH is 1. The molecular weight excluding hydrogens is 174 g/mol. The molecule has 2 nitrogen and oxygen atoms in total. The van der Waals surface area contributed by atoms with Gasteiger partial charge >= 0.3 is 0 Å². The van der Waals surface area contributed by atoms with Crippen molar-refractivity contribution < 1.29 is 5.11 Å². The average molecular weight is 195 g/mol. The van der Waals surface area contributed by atoms with Crippen molar-refractivity contribution in [3.63, 3.8) is 0 Å². The fourth-order valence-corrected chi connectivity index (χ4v) is 3.20. The van der Waals surface area contributed by atoms with Gasteiger partial charge in [-0.05, 0) is 55.9 Å². The number of nitrogens with zero attached hydrogens (tertiary/aromatic N) is 1. The summed E-state index contributed by atoms with van der Waals surface area (Å²) in [7, 11) is 0. The summed E-state index contributed by atoms with van der Waals surface area (Å²) in [5.74, 6) is 1.65. The topological polar surface area (TPSA) is 23.5 Å². The third-order valence-corrected chi connectivity index (χ3v) is 4.50. The first-order valence-electron chi connectivity index (χ1n) is 6.16. The van der Waals surface area contributed by atoms with Crippen LogP contribution in [-0.4, -0.2) is 36.2 Å². The standard InChI is InChI=1S/C12H21NO/c14-8-10-3-6-13(7-10)9-12(4-5-12)11-1-2-11/h10-11,14H,1-9H2. The molecule has 1 unspecified atom stereocenters. The van der Waals surface area contributed by atoms with Crippen LogP contribution in [0.3, 0.4) is 0 Å². The van der Waals surface area contributed by atoms with Gasteiger partial charge in [-0.25, -0.2) is 0 Å². The molecule has 3 aliphatic rings. The molecule has 0 aromatic carbocycles. The largest absolute Gasteiger partial charge is 0.396 e. The van der Waals surface area contributed by atoms with Crippen molar-refractivity contribution >= 4 is 0 Å². The molecule has 1 aliphatic heterocycles. The fourth-order valence-electron chi connectivity index (χ4n) is 3.20. The highest BCUT2D eigenvalue weighted by atomic mass is 16.3. The van der Waals surface area contributed by atoms with Gasteiger partial charge in [-0.15, -0.1) is 0 Å². The SMILES string of the molecule is OCC1CCN(CC2(C3CC3)CC2)C1. The van der Waals surface area contributed by atoms with Crippen molar-refractivity contribution in [2.24, 2.45) is 17.3 Å². The Hall–Kier alpha value is -0.0800. The first-order valence-corrected chi connectivity index (χ1v) is 6.16. The summed E-state index contributed by atoms with van der Waals surface area (Å²) in [5, 5.41) is 9.09. The second-order valence-corrected chi connectivity index (χ2v) is 5.71. The van der Waals surface area contributed by atoms with Gasteiger partial charge in [0.15, 0.2) is 0 Å². The molecule has 2 heteroatoms. The minimum Gasteiger partial charge on any atom is -0.396 e. The molecule has 0 radical (unpaired) electrons. The Morgan fingerprint density at radius 2 is 2.00 bits per heavy atom. The number of hydrogen-bond acceptors (Lipinski definition) is 2. The first kappa shape index (κ1) is 9.17. The molecule has 80 valence electrons. The molecule has 3 rings (SSSR count). The van der Waals surface area contributed by atoms with E-state index in [9.17, 15) is 0 Å². The fraction of sp³-hybridized carbons (Fsp3) is 1.00. The lowest BCUT2D eigenvalue weighted by molar-refractivity contribution is 0.202. The van der Waals surface area contributed by atoms with E-state index in [1.807, 2.05) is 0 Å². The van der Waals surface area contributed by atoms with Gasteiger partial charge in [0.2, 0.25) is 0 Å². The first-order chi connectivity index (χ1) is 6.82. The zero-order chi connectivity index (χ0) is 9.60. The average Bonchev–Trinajstić information content (AvgIpc) is 3.05. The van der Waals surface area contributed by atoms with Gasteiger partial charge in [-0.3, -0.25) is 0 Å². The van der Waals surface area contributed by atoms with Crippen molar-refractivity contribution in [3.05, 3.63) is 0 Å². The minimum atomic E-state index is 0.396. The van der Waals surface area contributed by atoms with Crippen LogP contribution in [0.25, 0.3) is 0 Å². The van der Waals surface area contributed by atoms with Crippen LogP contribution in [0.15, 0.2) is 0 Å². The third kappa shape index (κ3) is 1.59. The van der Waals surface area contributed by atoms with Gasteiger partial charge in [-0.2, -0.15) is 0 Å². The Morgan fingerprint density at radius 3 is 2.50 bits per heavy atom. The monoisotopic (exact) mass is 195 g/mol. The van der Waals surface area contributed by atoms with E-state index in [1.54, 1.807) is 0 Å². The van der Waals surface area contributed by atoms with Crippen molar-refractivity contribution in [1.29, 1.82) is 0 Å². The Morgan fingerprint density at radius 1 is 1.21 bits per heavy atom. The Bertz CT molecular complexity index is 220. The quantitative estimate of drug-likeness (QED) is 0.734. The Labute approximate surface area is 86.3 Å². The molecule has 0 aromatic heterocycles. The molecule has 2 aliphatic carbocycles. The number of likely N-dealkylation sites (tertiary alicyclic amines) is 1. The van der Waals surface area contributed by atoms with E-state index in [1.165, 1.54) is 45.2 Å². The molecule has 14 heavy (non-hydrogen) atoms. The Kier molecular flexibility index (Phi) is 2.10. The summed E-state index contributed by atoms with van der Waals surface area (Å²) < 4.78 is 0. The van der Waals surface area contributed by atoms with Crippen molar-refractivity contribution in [2.75, 3.05) is 26.2 Å². The maximum atomic E-state index is 9.09. The van der Waals surface area contributed by atoms with E-state index < -0.39 is 0 Å². The predicted octanol–water partition coefficient (Wildman–Crippen LogP) is 1.49. The van der Waals surface area contributed by atoms with Gasteiger partial charge in [-0.1, -0.05) is 0 Å². The van der Waals surface area contributed by atoms with Gasteiger partial charge in [0, 0.05) is 19.7 Å². The molecule has 0 aromatic rings. The highest BCUT2D eigenvalue weighted by molar-refractivity contribution is 5.05. The summed E-state index contributed by atoms with van der Waals surface area (Å²) in [6, 6.07) is 0. The third-order valence-electron chi connectivity index (χ3n) is 4.50. The molecule has 0 spiro atoms. The lowest BCUT2D eigenvalue weighted by Gasteiger charge is -2.23. The van der Waals surface area contributed by atoms with Crippen LogP contribution in [0.4, 0.5) is 0 Å². The van der Waals surface area contributed by atoms with Crippen LogP contribution >= 0.6 is 0 Å². The van der Waals surface area contributed by atoms with Crippen LogP contribution in [-0.2, 0) is 0 Å². The molecule has 1 N–H and O–H groups in total. The smallest absolute Gasteiger partial charge is 0.0471 e. The van der Waals surface area contributed by atoms with Gasteiger partial charge in [0.05, 0.1) is 0 Å². The number of hydrogen-bond donors (Lipinski definition) is 1. The van der Waals surface area contributed by atoms with E-state index in [2.05, 4.69) is 4.90 Å². The highest BCUT2D eigenvalue weighted by Gasteiger charge is 2.54. The molecule has 1 heterocycles. The van der Waals surface area contributed by atoms with E-state index in [-0.39, 0.29) is 0 Å².